The zero-order chi connectivity index (χ0) is 20.4. The predicted molar refractivity (Wildman–Crippen MR) is 107 cm³/mol. The Kier molecular flexibility index (Phi) is 5.35. The Bertz CT molecular complexity index is 1080. The quantitative estimate of drug-likeness (QED) is 0.590. The van der Waals surface area contributed by atoms with Gasteiger partial charge in [-0.2, -0.15) is 9.40 Å². The Morgan fingerprint density at radius 3 is 2.45 bits per heavy atom. The molecule has 0 spiro atoms. The lowest BCUT2D eigenvalue weighted by atomic mass is 10.2. The maximum atomic E-state index is 12.9. The van der Waals surface area contributed by atoms with Crippen molar-refractivity contribution in [3.63, 3.8) is 0 Å². The standard InChI is InChI=1S/C20H22N4O4S/c1-28-20(25)16-5-7-19(8-6-16)29(26,27)23-12-10-22(11-13-23)15-17-14-18-4-2-3-9-24(18)21-17/h2-9,14H,10-13,15H2,1H3. The molecule has 0 atom stereocenters. The summed E-state index contributed by atoms with van der Waals surface area (Å²) in [6.45, 7) is 2.77. The Morgan fingerprint density at radius 1 is 1.07 bits per heavy atom. The fraction of sp³-hybridized carbons (Fsp3) is 0.300. The monoisotopic (exact) mass is 414 g/mol. The van der Waals surface area contributed by atoms with Crippen molar-refractivity contribution in [2.75, 3.05) is 33.3 Å². The normalized spacial score (nSPS) is 16.2. The van der Waals surface area contributed by atoms with E-state index in [0.29, 0.717) is 38.3 Å². The largest absolute Gasteiger partial charge is 0.465 e. The minimum absolute atomic E-state index is 0.180. The zero-order valence-electron chi connectivity index (χ0n) is 16.1. The molecule has 0 N–H and O–H groups in total. The lowest BCUT2D eigenvalue weighted by Gasteiger charge is -2.33. The van der Waals surface area contributed by atoms with Crippen LogP contribution in [0.1, 0.15) is 16.1 Å². The minimum Gasteiger partial charge on any atom is -0.465 e. The average Bonchev–Trinajstić information content (AvgIpc) is 3.16. The molecule has 152 valence electrons. The van der Waals surface area contributed by atoms with Crippen LogP contribution in [-0.2, 0) is 21.3 Å². The number of fused-ring (bicyclic) bond motifs is 1. The highest BCUT2D eigenvalue weighted by molar-refractivity contribution is 7.89. The topological polar surface area (TPSA) is 84.2 Å². The third-order valence-corrected chi connectivity index (χ3v) is 6.96. The van der Waals surface area contributed by atoms with Gasteiger partial charge in [0.1, 0.15) is 0 Å². The van der Waals surface area contributed by atoms with E-state index in [4.69, 9.17) is 0 Å². The lowest BCUT2D eigenvalue weighted by molar-refractivity contribution is 0.0600. The molecule has 4 rings (SSSR count). The first-order chi connectivity index (χ1) is 14.0. The van der Waals surface area contributed by atoms with Crippen LogP contribution < -0.4 is 0 Å². The minimum atomic E-state index is -3.59. The molecule has 0 unspecified atom stereocenters. The highest BCUT2D eigenvalue weighted by Gasteiger charge is 2.28. The maximum Gasteiger partial charge on any atom is 0.337 e. The van der Waals surface area contributed by atoms with Crippen LogP contribution in [0.3, 0.4) is 0 Å². The van der Waals surface area contributed by atoms with E-state index in [0.717, 1.165) is 11.2 Å². The lowest BCUT2D eigenvalue weighted by Crippen LogP contribution is -2.48. The van der Waals surface area contributed by atoms with Crippen LogP contribution in [0, 0.1) is 0 Å². The van der Waals surface area contributed by atoms with Gasteiger partial charge in [-0.05, 0) is 42.5 Å². The number of carbonyl (C=O) groups excluding carboxylic acids is 1. The number of rotatable bonds is 5. The summed E-state index contributed by atoms with van der Waals surface area (Å²) in [5, 5.41) is 4.56. The summed E-state index contributed by atoms with van der Waals surface area (Å²) in [5.74, 6) is -0.491. The number of hydrogen-bond acceptors (Lipinski definition) is 6. The van der Waals surface area contributed by atoms with E-state index >= 15 is 0 Å². The SMILES string of the molecule is COC(=O)c1ccc(S(=O)(=O)N2CCN(Cc3cc4ccccn4n3)CC2)cc1. The van der Waals surface area contributed by atoms with Gasteiger partial charge in [0, 0.05) is 38.9 Å². The second kappa shape index (κ2) is 7.94. The van der Waals surface area contributed by atoms with Crippen LogP contribution >= 0.6 is 0 Å². The first kappa shape index (κ1) is 19.6. The molecule has 1 fully saturated rings. The summed E-state index contributed by atoms with van der Waals surface area (Å²) in [5.41, 5.74) is 2.33. The van der Waals surface area contributed by atoms with Crippen molar-refractivity contribution >= 4 is 21.5 Å². The van der Waals surface area contributed by atoms with E-state index in [1.807, 2.05) is 35.0 Å². The first-order valence-electron chi connectivity index (χ1n) is 9.31. The van der Waals surface area contributed by atoms with Crippen molar-refractivity contribution < 1.29 is 17.9 Å². The van der Waals surface area contributed by atoms with Crippen LogP contribution in [0.5, 0.6) is 0 Å². The predicted octanol–water partition coefficient (Wildman–Crippen LogP) is 1.63. The Morgan fingerprint density at radius 2 is 1.79 bits per heavy atom. The number of nitrogens with zero attached hydrogens (tertiary/aromatic N) is 4. The number of pyridine rings is 1. The average molecular weight is 414 g/mol. The van der Waals surface area contributed by atoms with E-state index < -0.39 is 16.0 Å². The number of benzene rings is 1. The molecule has 29 heavy (non-hydrogen) atoms. The van der Waals surface area contributed by atoms with Gasteiger partial charge in [0.25, 0.3) is 0 Å². The second-order valence-corrected chi connectivity index (χ2v) is 8.84. The third kappa shape index (κ3) is 4.02. The number of aromatic nitrogens is 2. The number of ether oxygens (including phenoxy) is 1. The Balaban J connectivity index is 1.39. The Labute approximate surface area is 169 Å². The highest BCUT2D eigenvalue weighted by Crippen LogP contribution is 2.19. The molecule has 0 aliphatic carbocycles. The molecule has 1 saturated heterocycles. The molecule has 3 aromatic rings. The van der Waals surface area contributed by atoms with Gasteiger partial charge in [0.15, 0.2) is 0 Å². The molecule has 0 amide bonds. The maximum absolute atomic E-state index is 12.9. The van der Waals surface area contributed by atoms with Gasteiger partial charge in [0.2, 0.25) is 10.0 Å². The van der Waals surface area contributed by atoms with Gasteiger partial charge >= 0.3 is 5.97 Å². The zero-order valence-corrected chi connectivity index (χ0v) is 16.9. The van der Waals surface area contributed by atoms with Crippen LogP contribution in [0.2, 0.25) is 0 Å². The summed E-state index contributed by atoms with van der Waals surface area (Å²) in [6.07, 6.45) is 1.91. The summed E-state index contributed by atoms with van der Waals surface area (Å²) >= 11 is 0. The fourth-order valence-electron chi connectivity index (χ4n) is 3.46. The summed E-state index contributed by atoms with van der Waals surface area (Å²) in [7, 11) is -2.30. The molecule has 0 saturated carbocycles. The van der Waals surface area contributed by atoms with Gasteiger partial charge in [-0.1, -0.05) is 6.07 Å². The highest BCUT2D eigenvalue weighted by atomic mass is 32.2. The number of sulfonamides is 1. The van der Waals surface area contributed by atoms with E-state index in [9.17, 15) is 13.2 Å². The molecule has 0 radical (unpaired) electrons. The van der Waals surface area contributed by atoms with Crippen LogP contribution in [0.4, 0.5) is 0 Å². The summed E-state index contributed by atoms with van der Waals surface area (Å²) in [4.78, 5) is 13.9. The van der Waals surface area contributed by atoms with Crippen molar-refractivity contribution in [1.29, 1.82) is 0 Å². The van der Waals surface area contributed by atoms with Crippen LogP contribution in [-0.4, -0.2) is 66.5 Å². The molecular weight excluding hydrogens is 392 g/mol. The molecule has 2 aromatic heterocycles. The van der Waals surface area contributed by atoms with Crippen molar-refractivity contribution in [1.82, 2.24) is 18.8 Å². The van der Waals surface area contributed by atoms with Crippen molar-refractivity contribution in [3.8, 4) is 0 Å². The van der Waals surface area contributed by atoms with Crippen molar-refractivity contribution in [2.45, 2.75) is 11.4 Å². The molecule has 1 aliphatic heterocycles. The van der Waals surface area contributed by atoms with Gasteiger partial charge in [-0.3, -0.25) is 4.90 Å². The van der Waals surface area contributed by atoms with Gasteiger partial charge in [0.05, 0.1) is 28.8 Å². The van der Waals surface area contributed by atoms with E-state index in [1.54, 1.807) is 0 Å². The first-order valence-corrected chi connectivity index (χ1v) is 10.8. The van der Waals surface area contributed by atoms with Crippen molar-refractivity contribution in [3.05, 3.63) is 66.0 Å². The molecule has 8 nitrogen and oxygen atoms in total. The fourth-order valence-corrected chi connectivity index (χ4v) is 4.88. The molecule has 0 bridgehead atoms. The number of carbonyl (C=O) groups is 1. The van der Waals surface area contributed by atoms with Crippen molar-refractivity contribution in [2.24, 2.45) is 0 Å². The van der Waals surface area contributed by atoms with E-state index in [1.165, 1.54) is 35.7 Å². The van der Waals surface area contributed by atoms with Crippen LogP contribution in [0.25, 0.3) is 5.52 Å². The summed E-state index contributed by atoms with van der Waals surface area (Å²) in [6, 6.07) is 13.8. The number of esters is 1. The molecular formula is C20H22N4O4S. The summed E-state index contributed by atoms with van der Waals surface area (Å²) < 4.78 is 33.8. The van der Waals surface area contributed by atoms with E-state index in [-0.39, 0.29) is 4.90 Å². The molecule has 3 heterocycles. The van der Waals surface area contributed by atoms with Gasteiger partial charge < -0.3 is 4.74 Å². The van der Waals surface area contributed by atoms with Crippen LogP contribution in [0.15, 0.2) is 59.6 Å². The second-order valence-electron chi connectivity index (χ2n) is 6.90. The van der Waals surface area contributed by atoms with Gasteiger partial charge in [-0.25, -0.2) is 17.7 Å². The Hall–Kier alpha value is -2.75. The van der Waals surface area contributed by atoms with E-state index in [2.05, 4.69) is 14.7 Å². The molecule has 9 heteroatoms. The number of methoxy groups -OCH3 is 1. The number of piperazine rings is 1. The van der Waals surface area contributed by atoms with Gasteiger partial charge in [-0.15, -0.1) is 0 Å². The smallest absolute Gasteiger partial charge is 0.337 e. The number of hydrogen-bond donors (Lipinski definition) is 0. The third-order valence-electron chi connectivity index (χ3n) is 5.05. The molecule has 1 aliphatic rings. The molecule has 1 aromatic carbocycles.